The van der Waals surface area contributed by atoms with Crippen LogP contribution in [0.15, 0.2) is 42.5 Å². The van der Waals surface area contributed by atoms with Crippen LogP contribution in [0.2, 0.25) is 0 Å². The summed E-state index contributed by atoms with van der Waals surface area (Å²) < 4.78 is 11.6. The Balaban J connectivity index is 1.51. The number of hydrogen-bond acceptors (Lipinski definition) is 3. The Labute approximate surface area is 135 Å². The number of para-hydroxylation sites is 2. The van der Waals surface area contributed by atoms with Crippen molar-refractivity contribution >= 4 is 11.6 Å². The van der Waals surface area contributed by atoms with E-state index in [0.29, 0.717) is 11.5 Å². The molecule has 0 bridgehead atoms. The van der Waals surface area contributed by atoms with Crippen molar-refractivity contribution in [3.63, 3.8) is 0 Å². The molecule has 118 valence electrons. The fraction of sp³-hybridized carbons (Fsp3) is 0.316. The lowest BCUT2D eigenvalue weighted by molar-refractivity contribution is -0.128. The van der Waals surface area contributed by atoms with Crippen molar-refractivity contribution in [2.75, 3.05) is 5.32 Å². The van der Waals surface area contributed by atoms with Crippen LogP contribution in [0.5, 0.6) is 11.5 Å². The summed E-state index contributed by atoms with van der Waals surface area (Å²) >= 11 is 0. The molecule has 0 radical (unpaired) electrons. The molecule has 0 fully saturated rings. The second-order valence-electron chi connectivity index (χ2n) is 6.13. The first-order chi connectivity index (χ1) is 11.2. The van der Waals surface area contributed by atoms with Gasteiger partial charge in [-0.15, -0.1) is 0 Å². The van der Waals surface area contributed by atoms with E-state index in [1.54, 1.807) is 0 Å². The van der Waals surface area contributed by atoms with E-state index in [0.717, 1.165) is 18.5 Å². The lowest BCUT2D eigenvalue weighted by Gasteiger charge is -2.31. The van der Waals surface area contributed by atoms with Gasteiger partial charge in [-0.05, 0) is 61.6 Å². The van der Waals surface area contributed by atoms with Crippen molar-refractivity contribution in [2.24, 2.45) is 0 Å². The molecule has 4 heteroatoms. The fourth-order valence-corrected chi connectivity index (χ4v) is 3.27. The Hall–Kier alpha value is -2.49. The quantitative estimate of drug-likeness (QED) is 0.925. The predicted octanol–water partition coefficient (Wildman–Crippen LogP) is 3.34. The van der Waals surface area contributed by atoms with Gasteiger partial charge in [-0.2, -0.15) is 0 Å². The summed E-state index contributed by atoms with van der Waals surface area (Å²) in [5.41, 5.74) is 3.55. The largest absolute Gasteiger partial charge is 0.482 e. The molecule has 4 nitrogen and oxygen atoms in total. The maximum Gasteiger partial charge on any atom is 0.269 e. The number of anilines is 1. The minimum Gasteiger partial charge on any atom is -0.482 e. The van der Waals surface area contributed by atoms with Gasteiger partial charge >= 0.3 is 0 Å². The molecular weight excluding hydrogens is 290 g/mol. The van der Waals surface area contributed by atoms with Crippen LogP contribution in [-0.4, -0.2) is 18.1 Å². The van der Waals surface area contributed by atoms with Crippen molar-refractivity contribution in [2.45, 2.75) is 38.4 Å². The van der Waals surface area contributed by atoms with Gasteiger partial charge in [0.15, 0.2) is 11.5 Å². The molecule has 2 aromatic rings. The van der Waals surface area contributed by atoms with E-state index >= 15 is 0 Å². The maximum absolute atomic E-state index is 12.6. The molecule has 2 unspecified atom stereocenters. The predicted molar refractivity (Wildman–Crippen MR) is 88.0 cm³/mol. The second kappa shape index (κ2) is 5.61. The fourth-order valence-electron chi connectivity index (χ4n) is 3.27. The number of amides is 1. The molecule has 4 rings (SSSR count). The second-order valence-corrected chi connectivity index (χ2v) is 6.13. The van der Waals surface area contributed by atoms with Crippen LogP contribution in [0.3, 0.4) is 0 Å². The van der Waals surface area contributed by atoms with Crippen LogP contribution in [0, 0.1) is 0 Å². The topological polar surface area (TPSA) is 47.6 Å². The van der Waals surface area contributed by atoms with Gasteiger partial charge in [0, 0.05) is 5.69 Å². The SMILES string of the molecule is CC1Oc2ccccc2OC1C(=O)Nc1ccc2c(c1)CCC2. The van der Waals surface area contributed by atoms with Crippen LogP contribution in [0.4, 0.5) is 5.69 Å². The highest BCUT2D eigenvalue weighted by Crippen LogP contribution is 2.34. The van der Waals surface area contributed by atoms with Crippen molar-refractivity contribution in [3.05, 3.63) is 53.6 Å². The Morgan fingerprint density at radius 3 is 2.61 bits per heavy atom. The third-order valence-corrected chi connectivity index (χ3v) is 4.47. The zero-order valence-electron chi connectivity index (χ0n) is 13.0. The number of aryl methyl sites for hydroxylation is 2. The highest BCUT2D eigenvalue weighted by atomic mass is 16.6. The lowest BCUT2D eigenvalue weighted by Crippen LogP contribution is -2.46. The summed E-state index contributed by atoms with van der Waals surface area (Å²) in [6.07, 6.45) is 2.43. The van der Waals surface area contributed by atoms with Crippen molar-refractivity contribution in [3.8, 4) is 11.5 Å². The molecule has 2 atom stereocenters. The van der Waals surface area contributed by atoms with Gasteiger partial charge in [-0.1, -0.05) is 18.2 Å². The molecule has 0 saturated carbocycles. The van der Waals surface area contributed by atoms with Crippen molar-refractivity contribution in [1.82, 2.24) is 0 Å². The van der Waals surface area contributed by atoms with Crippen molar-refractivity contribution in [1.29, 1.82) is 0 Å². The average Bonchev–Trinajstić information content (AvgIpc) is 3.01. The zero-order chi connectivity index (χ0) is 15.8. The summed E-state index contributed by atoms with van der Waals surface area (Å²) in [6, 6.07) is 13.6. The van der Waals surface area contributed by atoms with E-state index in [9.17, 15) is 4.79 Å². The van der Waals surface area contributed by atoms with E-state index in [4.69, 9.17) is 9.47 Å². The summed E-state index contributed by atoms with van der Waals surface area (Å²) in [5, 5.41) is 2.96. The molecule has 23 heavy (non-hydrogen) atoms. The number of carbonyl (C=O) groups is 1. The molecule has 1 aliphatic carbocycles. The van der Waals surface area contributed by atoms with Gasteiger partial charge in [-0.25, -0.2) is 0 Å². The minimum atomic E-state index is -0.654. The molecule has 2 aliphatic rings. The molecule has 1 heterocycles. The standard InChI is InChI=1S/C19H19NO3/c1-12-18(23-17-8-3-2-7-16(17)22-12)19(21)20-15-10-9-13-5-4-6-14(13)11-15/h2-3,7-12,18H,4-6H2,1H3,(H,20,21). The molecule has 1 amide bonds. The third kappa shape index (κ3) is 2.65. The monoisotopic (exact) mass is 309 g/mol. The summed E-state index contributed by atoms with van der Waals surface area (Å²) in [5.74, 6) is 1.12. The maximum atomic E-state index is 12.6. The van der Waals surface area contributed by atoms with Gasteiger partial charge in [0.05, 0.1) is 0 Å². The summed E-state index contributed by atoms with van der Waals surface area (Å²) in [7, 11) is 0. The van der Waals surface area contributed by atoms with Crippen LogP contribution in [0.25, 0.3) is 0 Å². The number of hydrogen-bond donors (Lipinski definition) is 1. The number of benzene rings is 2. The third-order valence-electron chi connectivity index (χ3n) is 4.47. The Kier molecular flexibility index (Phi) is 3.45. The van der Waals surface area contributed by atoms with E-state index in [1.807, 2.05) is 37.3 Å². The Morgan fingerprint density at radius 1 is 1.04 bits per heavy atom. The van der Waals surface area contributed by atoms with E-state index < -0.39 is 6.10 Å². The van der Waals surface area contributed by atoms with E-state index in [2.05, 4.69) is 17.4 Å². The van der Waals surface area contributed by atoms with Crippen LogP contribution in [0.1, 0.15) is 24.5 Å². The Morgan fingerprint density at radius 2 is 1.78 bits per heavy atom. The molecule has 1 N–H and O–H groups in total. The first-order valence-electron chi connectivity index (χ1n) is 8.06. The highest BCUT2D eigenvalue weighted by molar-refractivity contribution is 5.95. The average molecular weight is 309 g/mol. The number of rotatable bonds is 2. The van der Waals surface area contributed by atoms with Gasteiger partial charge < -0.3 is 14.8 Å². The van der Waals surface area contributed by atoms with Gasteiger partial charge in [0.2, 0.25) is 6.10 Å². The first-order valence-corrected chi connectivity index (χ1v) is 8.06. The molecule has 0 spiro atoms. The molecule has 0 aromatic heterocycles. The Bertz CT molecular complexity index is 756. The van der Waals surface area contributed by atoms with Crippen LogP contribution in [-0.2, 0) is 17.6 Å². The normalized spacial score (nSPS) is 21.6. The highest BCUT2D eigenvalue weighted by Gasteiger charge is 2.34. The van der Waals surface area contributed by atoms with Gasteiger partial charge in [0.25, 0.3) is 5.91 Å². The number of fused-ring (bicyclic) bond motifs is 2. The van der Waals surface area contributed by atoms with Crippen LogP contribution >= 0.6 is 0 Å². The molecule has 0 saturated heterocycles. The summed E-state index contributed by atoms with van der Waals surface area (Å²) in [6.45, 7) is 1.85. The van der Waals surface area contributed by atoms with Gasteiger partial charge in [0.1, 0.15) is 6.10 Å². The molecule has 2 aromatic carbocycles. The number of carbonyl (C=O) groups excluding carboxylic acids is 1. The van der Waals surface area contributed by atoms with Gasteiger partial charge in [-0.3, -0.25) is 4.79 Å². The minimum absolute atomic E-state index is 0.176. The van der Waals surface area contributed by atoms with Crippen LogP contribution < -0.4 is 14.8 Å². The van der Waals surface area contributed by atoms with E-state index in [1.165, 1.54) is 17.5 Å². The van der Waals surface area contributed by atoms with E-state index in [-0.39, 0.29) is 12.0 Å². The lowest BCUT2D eigenvalue weighted by atomic mass is 10.1. The number of ether oxygens (including phenoxy) is 2. The molecular formula is C19H19NO3. The summed E-state index contributed by atoms with van der Waals surface area (Å²) in [4.78, 5) is 12.6. The van der Waals surface area contributed by atoms with Crippen molar-refractivity contribution < 1.29 is 14.3 Å². The zero-order valence-corrected chi connectivity index (χ0v) is 13.0. The molecule has 1 aliphatic heterocycles. The first kappa shape index (κ1) is 14.1. The number of nitrogens with one attached hydrogen (secondary N) is 1. The smallest absolute Gasteiger partial charge is 0.269 e.